The second-order valence-electron chi connectivity index (χ2n) is 4.78. The normalized spacial score (nSPS) is 13.2. The number of amides is 1. The zero-order valence-electron chi connectivity index (χ0n) is 11.2. The largest absolute Gasteiger partial charge is 0.350 e. The van der Waals surface area contributed by atoms with Gasteiger partial charge in [0.05, 0.1) is 10.3 Å². The van der Waals surface area contributed by atoms with Crippen molar-refractivity contribution in [2.45, 2.75) is 49.9 Å². The number of aromatic nitrogens is 1. The van der Waals surface area contributed by atoms with E-state index in [2.05, 4.69) is 10.3 Å². The Labute approximate surface area is 118 Å². The molecule has 5 heteroatoms. The Morgan fingerprint density at radius 1 is 1.61 bits per heavy atom. The molecule has 18 heavy (non-hydrogen) atoms. The molecule has 1 heterocycles. The van der Waals surface area contributed by atoms with Crippen molar-refractivity contribution in [2.24, 2.45) is 0 Å². The molecule has 0 aliphatic heterocycles. The van der Waals surface area contributed by atoms with Crippen molar-refractivity contribution in [2.75, 3.05) is 0 Å². The van der Waals surface area contributed by atoms with Crippen molar-refractivity contribution in [3.8, 4) is 0 Å². The average molecular weight is 287 g/mol. The fraction of sp³-hybridized carbons (Fsp3) is 0.538. The van der Waals surface area contributed by atoms with Crippen LogP contribution in [-0.2, 0) is 4.79 Å². The molecule has 1 aromatic heterocycles. The molecular weight excluding hydrogens is 268 g/mol. The van der Waals surface area contributed by atoms with Gasteiger partial charge in [-0.2, -0.15) is 0 Å². The topological polar surface area (TPSA) is 42.0 Å². The molecule has 0 aromatic carbocycles. The van der Waals surface area contributed by atoms with Gasteiger partial charge in [0.1, 0.15) is 5.03 Å². The Bertz CT molecular complexity index is 423. The Kier molecular flexibility index (Phi) is 5.47. The zero-order valence-corrected chi connectivity index (χ0v) is 12.7. The second-order valence-corrected chi connectivity index (χ2v) is 6.51. The maximum atomic E-state index is 12.0. The number of pyridine rings is 1. The Morgan fingerprint density at radius 3 is 2.83 bits per heavy atom. The lowest BCUT2D eigenvalue weighted by Crippen LogP contribution is -2.46. The summed E-state index contributed by atoms with van der Waals surface area (Å²) in [5, 5.41) is 4.07. The molecule has 0 aliphatic carbocycles. The lowest BCUT2D eigenvalue weighted by atomic mass is 10.0. The van der Waals surface area contributed by atoms with Crippen molar-refractivity contribution in [1.82, 2.24) is 10.3 Å². The van der Waals surface area contributed by atoms with Crippen molar-refractivity contribution in [3.05, 3.63) is 23.4 Å². The highest BCUT2D eigenvalue weighted by Crippen LogP contribution is 2.28. The van der Waals surface area contributed by atoms with Gasteiger partial charge in [0.2, 0.25) is 5.91 Å². The van der Waals surface area contributed by atoms with Gasteiger partial charge in [-0.1, -0.05) is 30.3 Å². The molecule has 0 saturated heterocycles. The average Bonchev–Trinajstić information content (AvgIpc) is 2.31. The van der Waals surface area contributed by atoms with Crippen LogP contribution in [0.25, 0.3) is 0 Å². The number of carbonyl (C=O) groups is 1. The summed E-state index contributed by atoms with van der Waals surface area (Å²) in [5.41, 5.74) is -0.181. The van der Waals surface area contributed by atoms with Crippen molar-refractivity contribution < 1.29 is 4.79 Å². The van der Waals surface area contributed by atoms with Crippen LogP contribution in [0.1, 0.15) is 34.1 Å². The number of thioether (sulfide) groups is 1. The highest BCUT2D eigenvalue weighted by Gasteiger charge is 2.23. The van der Waals surface area contributed by atoms with Gasteiger partial charge in [-0.25, -0.2) is 4.98 Å². The first kappa shape index (κ1) is 15.3. The molecular formula is C13H19ClN2OS. The van der Waals surface area contributed by atoms with Crippen LogP contribution in [0.4, 0.5) is 0 Å². The van der Waals surface area contributed by atoms with E-state index in [0.717, 1.165) is 6.42 Å². The lowest BCUT2D eigenvalue weighted by molar-refractivity contribution is -0.121. The maximum Gasteiger partial charge on any atom is 0.233 e. The lowest BCUT2D eigenvalue weighted by Gasteiger charge is -2.26. The Balaban J connectivity index is 2.63. The third-order valence-electron chi connectivity index (χ3n) is 2.73. The van der Waals surface area contributed by atoms with E-state index >= 15 is 0 Å². The van der Waals surface area contributed by atoms with E-state index in [1.54, 1.807) is 18.3 Å². The van der Waals surface area contributed by atoms with Crippen LogP contribution in [0.3, 0.4) is 0 Å². The van der Waals surface area contributed by atoms with E-state index in [1.807, 2.05) is 27.7 Å². The summed E-state index contributed by atoms with van der Waals surface area (Å²) in [4.78, 5) is 16.2. The summed E-state index contributed by atoms with van der Waals surface area (Å²) in [5.74, 6) is 0.00793. The molecule has 100 valence electrons. The van der Waals surface area contributed by atoms with Crippen LogP contribution in [0.15, 0.2) is 23.4 Å². The van der Waals surface area contributed by atoms with Gasteiger partial charge in [0.25, 0.3) is 0 Å². The van der Waals surface area contributed by atoms with E-state index in [0.29, 0.717) is 10.0 Å². The molecule has 3 nitrogen and oxygen atoms in total. The number of carbonyl (C=O) groups excluding carboxylic acids is 1. The smallest absolute Gasteiger partial charge is 0.233 e. The third kappa shape index (κ3) is 4.50. The summed E-state index contributed by atoms with van der Waals surface area (Å²) in [6.07, 6.45) is 2.56. The SMILES string of the molecule is CCC(C)(C)NC(=O)C(C)Sc1ncccc1Cl. The van der Waals surface area contributed by atoms with Gasteiger partial charge in [-0.3, -0.25) is 4.79 Å². The number of halogens is 1. The van der Waals surface area contributed by atoms with E-state index < -0.39 is 0 Å². The Hall–Kier alpha value is -0.740. The van der Waals surface area contributed by atoms with E-state index in [-0.39, 0.29) is 16.7 Å². The molecule has 1 amide bonds. The van der Waals surface area contributed by atoms with E-state index in [1.165, 1.54) is 11.8 Å². The predicted molar refractivity (Wildman–Crippen MR) is 77.1 cm³/mol. The fourth-order valence-electron chi connectivity index (χ4n) is 1.20. The van der Waals surface area contributed by atoms with Gasteiger partial charge < -0.3 is 5.32 Å². The highest BCUT2D eigenvalue weighted by molar-refractivity contribution is 8.00. The first-order valence-corrected chi connectivity index (χ1v) is 7.20. The van der Waals surface area contributed by atoms with Gasteiger partial charge in [-0.15, -0.1) is 0 Å². The summed E-state index contributed by atoms with van der Waals surface area (Å²) in [6, 6.07) is 3.55. The maximum absolute atomic E-state index is 12.0. The summed E-state index contributed by atoms with van der Waals surface area (Å²) in [6.45, 7) is 7.93. The highest BCUT2D eigenvalue weighted by atomic mass is 35.5. The Morgan fingerprint density at radius 2 is 2.28 bits per heavy atom. The molecule has 1 rings (SSSR count). The monoisotopic (exact) mass is 286 g/mol. The van der Waals surface area contributed by atoms with Gasteiger partial charge in [0, 0.05) is 11.7 Å². The van der Waals surface area contributed by atoms with E-state index in [4.69, 9.17) is 11.6 Å². The molecule has 0 saturated carbocycles. The molecule has 1 unspecified atom stereocenters. The predicted octanol–water partition coefficient (Wildman–Crippen LogP) is 3.52. The quantitative estimate of drug-likeness (QED) is 0.842. The standard InChI is InChI=1S/C13H19ClN2OS/c1-5-13(3,4)16-11(17)9(2)18-12-10(14)7-6-8-15-12/h6-9H,5H2,1-4H3,(H,16,17). The van der Waals surface area contributed by atoms with E-state index in [9.17, 15) is 4.79 Å². The molecule has 0 aliphatic rings. The van der Waals surface area contributed by atoms with Crippen molar-refractivity contribution in [3.63, 3.8) is 0 Å². The van der Waals surface area contributed by atoms with Crippen molar-refractivity contribution in [1.29, 1.82) is 0 Å². The van der Waals surface area contributed by atoms with Crippen LogP contribution in [-0.4, -0.2) is 21.7 Å². The molecule has 1 atom stereocenters. The summed E-state index contributed by atoms with van der Waals surface area (Å²) >= 11 is 7.39. The third-order valence-corrected chi connectivity index (χ3v) is 4.26. The van der Waals surface area contributed by atoms with Crippen LogP contribution < -0.4 is 5.32 Å². The molecule has 1 N–H and O–H groups in total. The molecule has 0 bridgehead atoms. The molecule has 1 aromatic rings. The van der Waals surface area contributed by atoms with Crippen LogP contribution in [0.5, 0.6) is 0 Å². The number of rotatable bonds is 5. The number of nitrogens with zero attached hydrogens (tertiary/aromatic N) is 1. The number of nitrogens with one attached hydrogen (secondary N) is 1. The van der Waals surface area contributed by atoms with Gasteiger partial charge in [0.15, 0.2) is 0 Å². The minimum atomic E-state index is -0.219. The fourth-order valence-corrected chi connectivity index (χ4v) is 2.26. The van der Waals surface area contributed by atoms with Crippen LogP contribution in [0, 0.1) is 0 Å². The van der Waals surface area contributed by atoms with Gasteiger partial charge in [-0.05, 0) is 39.3 Å². The minimum Gasteiger partial charge on any atom is -0.350 e. The summed E-state index contributed by atoms with van der Waals surface area (Å²) < 4.78 is 0. The number of hydrogen-bond donors (Lipinski definition) is 1. The number of hydrogen-bond acceptors (Lipinski definition) is 3. The molecule has 0 spiro atoms. The second kappa shape index (κ2) is 6.43. The zero-order chi connectivity index (χ0) is 13.8. The first-order chi connectivity index (χ1) is 8.35. The van der Waals surface area contributed by atoms with Crippen LogP contribution >= 0.6 is 23.4 Å². The minimum absolute atomic E-state index is 0.00793. The first-order valence-electron chi connectivity index (χ1n) is 5.95. The molecule has 0 fully saturated rings. The molecule has 0 radical (unpaired) electrons. The van der Waals surface area contributed by atoms with Crippen LogP contribution in [0.2, 0.25) is 5.02 Å². The van der Waals surface area contributed by atoms with Gasteiger partial charge >= 0.3 is 0 Å². The summed E-state index contributed by atoms with van der Waals surface area (Å²) in [7, 11) is 0. The van der Waals surface area contributed by atoms with Crippen molar-refractivity contribution >= 4 is 29.3 Å².